The van der Waals surface area contributed by atoms with Gasteiger partial charge >= 0.3 is 5.97 Å². The number of methoxy groups -OCH3 is 1. The first-order valence-corrected chi connectivity index (χ1v) is 6.08. The normalized spacial score (nSPS) is 13.1. The minimum Gasteiger partial charge on any atom is -0.466 e. The Bertz CT molecular complexity index is 530. The number of fused-ring (bicyclic) bond motifs is 1. The molecule has 0 spiro atoms. The van der Waals surface area contributed by atoms with Gasteiger partial charge in [0.25, 0.3) is 0 Å². The van der Waals surface area contributed by atoms with E-state index in [9.17, 15) is 9.59 Å². The molecular weight excluding hydrogens is 248 g/mol. The van der Waals surface area contributed by atoms with E-state index < -0.39 is 5.97 Å². The van der Waals surface area contributed by atoms with Crippen LogP contribution in [0.4, 0.5) is 0 Å². The number of aldehydes is 1. The third kappa shape index (κ3) is 2.10. The molecule has 102 valence electrons. The molecule has 0 fully saturated rings. The summed E-state index contributed by atoms with van der Waals surface area (Å²) < 4.78 is 15.3. The Morgan fingerprint density at radius 1 is 1.42 bits per heavy atom. The van der Waals surface area contributed by atoms with Gasteiger partial charge in [0.05, 0.1) is 5.56 Å². The van der Waals surface area contributed by atoms with Crippen molar-refractivity contribution in [2.45, 2.75) is 26.9 Å². The van der Waals surface area contributed by atoms with Gasteiger partial charge in [-0.25, -0.2) is 4.79 Å². The Kier molecular flexibility index (Phi) is 3.85. The first kappa shape index (κ1) is 13.5. The molecular formula is C14H16O5. The quantitative estimate of drug-likeness (QED) is 0.462. The number of cyclic esters (lactones) is 1. The summed E-state index contributed by atoms with van der Waals surface area (Å²) in [7, 11) is 1.48. The summed E-state index contributed by atoms with van der Waals surface area (Å²) in [4.78, 5) is 23.2. The van der Waals surface area contributed by atoms with E-state index in [1.165, 1.54) is 7.11 Å². The van der Waals surface area contributed by atoms with Crippen LogP contribution < -0.4 is 4.74 Å². The lowest BCUT2D eigenvalue weighted by atomic mass is 9.91. The zero-order valence-electron chi connectivity index (χ0n) is 11.2. The summed E-state index contributed by atoms with van der Waals surface area (Å²) in [6.07, 6.45) is 1.41. The molecule has 0 amide bonds. The van der Waals surface area contributed by atoms with Gasteiger partial charge in [-0.3, -0.25) is 4.79 Å². The topological polar surface area (TPSA) is 61.8 Å². The molecule has 0 atom stereocenters. The van der Waals surface area contributed by atoms with E-state index in [0.29, 0.717) is 17.5 Å². The largest absolute Gasteiger partial charge is 0.466 e. The number of hydrogen-bond donors (Lipinski definition) is 0. The Balaban J connectivity index is 2.70. The maximum absolute atomic E-state index is 11.8. The molecule has 1 aromatic carbocycles. The zero-order chi connectivity index (χ0) is 14.0. The van der Waals surface area contributed by atoms with Gasteiger partial charge in [-0.1, -0.05) is 6.92 Å². The van der Waals surface area contributed by atoms with E-state index in [2.05, 4.69) is 0 Å². The van der Waals surface area contributed by atoms with Crippen LogP contribution >= 0.6 is 0 Å². The number of carbonyl (C=O) groups excluding carboxylic acids is 2. The molecule has 0 radical (unpaired) electrons. The van der Waals surface area contributed by atoms with Gasteiger partial charge in [0, 0.05) is 12.7 Å². The van der Waals surface area contributed by atoms with E-state index in [1.807, 2.05) is 13.8 Å². The number of benzene rings is 1. The van der Waals surface area contributed by atoms with E-state index in [1.54, 1.807) is 0 Å². The summed E-state index contributed by atoms with van der Waals surface area (Å²) in [5.41, 5.74) is 3.38. The Labute approximate surface area is 111 Å². The number of ether oxygens (including phenoxy) is 3. The highest BCUT2D eigenvalue weighted by Crippen LogP contribution is 2.37. The first-order valence-electron chi connectivity index (χ1n) is 6.08. The molecule has 1 aliphatic rings. The second kappa shape index (κ2) is 5.40. The maximum atomic E-state index is 11.8. The van der Waals surface area contributed by atoms with Crippen molar-refractivity contribution >= 4 is 12.3 Å². The molecule has 0 N–H and O–H groups in total. The van der Waals surface area contributed by atoms with Crippen molar-refractivity contribution in [2.75, 3.05) is 13.9 Å². The lowest BCUT2D eigenvalue weighted by molar-refractivity contribution is 0.0456. The standard InChI is InChI=1S/C14H16O5/c1-4-9-8(2)11-6-18-14(16)12(11)13(10(9)5-15)19-7-17-3/h5H,4,6-7H2,1-3H3. The predicted molar refractivity (Wildman–Crippen MR) is 67.6 cm³/mol. The van der Waals surface area contributed by atoms with E-state index in [-0.39, 0.29) is 19.1 Å². The molecule has 1 aromatic rings. The molecule has 0 unspecified atom stereocenters. The van der Waals surface area contributed by atoms with Crippen molar-refractivity contribution in [3.63, 3.8) is 0 Å². The van der Waals surface area contributed by atoms with Gasteiger partial charge < -0.3 is 14.2 Å². The molecule has 2 rings (SSSR count). The summed E-state index contributed by atoms with van der Waals surface area (Å²) in [6.45, 7) is 4.06. The summed E-state index contributed by atoms with van der Waals surface area (Å²) >= 11 is 0. The highest BCUT2D eigenvalue weighted by atomic mass is 16.7. The van der Waals surface area contributed by atoms with E-state index in [0.717, 1.165) is 23.0 Å². The van der Waals surface area contributed by atoms with Crippen LogP contribution in [0.5, 0.6) is 5.75 Å². The lowest BCUT2D eigenvalue weighted by Crippen LogP contribution is -2.11. The van der Waals surface area contributed by atoms with Crippen LogP contribution in [-0.4, -0.2) is 26.2 Å². The molecule has 0 bridgehead atoms. The fourth-order valence-electron chi connectivity index (χ4n) is 2.43. The molecule has 1 heterocycles. The van der Waals surface area contributed by atoms with Crippen LogP contribution in [0.1, 0.15) is 44.3 Å². The van der Waals surface area contributed by atoms with Crippen molar-refractivity contribution in [3.8, 4) is 5.75 Å². The van der Waals surface area contributed by atoms with Gasteiger partial charge in [0.1, 0.15) is 17.9 Å². The van der Waals surface area contributed by atoms with Gasteiger partial charge in [0.15, 0.2) is 13.1 Å². The highest BCUT2D eigenvalue weighted by Gasteiger charge is 2.32. The van der Waals surface area contributed by atoms with Gasteiger partial charge in [-0.05, 0) is 24.5 Å². The third-order valence-corrected chi connectivity index (χ3v) is 3.35. The third-order valence-electron chi connectivity index (χ3n) is 3.35. The fourth-order valence-corrected chi connectivity index (χ4v) is 2.43. The predicted octanol–water partition coefficient (Wildman–Crippen LogP) is 2.02. The molecule has 19 heavy (non-hydrogen) atoms. The molecule has 5 nitrogen and oxygen atoms in total. The zero-order valence-corrected chi connectivity index (χ0v) is 11.2. The van der Waals surface area contributed by atoms with Gasteiger partial charge in [0.2, 0.25) is 0 Å². The monoisotopic (exact) mass is 264 g/mol. The second-order valence-electron chi connectivity index (χ2n) is 4.30. The molecule has 0 saturated carbocycles. The molecule has 5 heteroatoms. The van der Waals surface area contributed by atoms with Gasteiger partial charge in [-0.15, -0.1) is 0 Å². The first-order chi connectivity index (χ1) is 9.15. The van der Waals surface area contributed by atoms with E-state index in [4.69, 9.17) is 14.2 Å². The number of carbonyl (C=O) groups is 2. The Morgan fingerprint density at radius 2 is 2.16 bits per heavy atom. The summed E-state index contributed by atoms with van der Waals surface area (Å²) in [5.74, 6) is -0.174. The van der Waals surface area contributed by atoms with Crippen LogP contribution in [-0.2, 0) is 22.5 Å². The van der Waals surface area contributed by atoms with Gasteiger partial charge in [-0.2, -0.15) is 0 Å². The molecule has 0 saturated heterocycles. The van der Waals surface area contributed by atoms with Crippen molar-refractivity contribution in [3.05, 3.63) is 27.8 Å². The maximum Gasteiger partial charge on any atom is 0.342 e. The van der Waals surface area contributed by atoms with Crippen molar-refractivity contribution in [1.82, 2.24) is 0 Å². The molecule has 1 aliphatic heterocycles. The smallest absolute Gasteiger partial charge is 0.342 e. The van der Waals surface area contributed by atoms with E-state index >= 15 is 0 Å². The van der Waals surface area contributed by atoms with Crippen LogP contribution in [0.2, 0.25) is 0 Å². The van der Waals surface area contributed by atoms with Crippen LogP contribution in [0.25, 0.3) is 0 Å². The number of rotatable bonds is 5. The number of esters is 1. The lowest BCUT2D eigenvalue weighted by Gasteiger charge is -2.16. The Hall–Kier alpha value is -1.88. The van der Waals surface area contributed by atoms with Crippen molar-refractivity contribution in [2.24, 2.45) is 0 Å². The van der Waals surface area contributed by atoms with Crippen LogP contribution in [0.3, 0.4) is 0 Å². The average molecular weight is 264 g/mol. The fraction of sp³-hybridized carbons (Fsp3) is 0.429. The SMILES string of the molecule is CCc1c(C)c2c(c(OCOC)c1C=O)C(=O)OC2. The number of hydrogen-bond acceptors (Lipinski definition) is 5. The highest BCUT2D eigenvalue weighted by molar-refractivity contribution is 6.01. The second-order valence-corrected chi connectivity index (χ2v) is 4.30. The van der Waals surface area contributed by atoms with Crippen LogP contribution in [0, 0.1) is 6.92 Å². The summed E-state index contributed by atoms with van der Waals surface area (Å²) in [5, 5.41) is 0. The van der Waals surface area contributed by atoms with Crippen molar-refractivity contribution in [1.29, 1.82) is 0 Å². The van der Waals surface area contributed by atoms with Crippen molar-refractivity contribution < 1.29 is 23.8 Å². The summed E-state index contributed by atoms with van der Waals surface area (Å²) in [6, 6.07) is 0. The average Bonchev–Trinajstić information content (AvgIpc) is 2.80. The molecule has 0 aliphatic carbocycles. The van der Waals surface area contributed by atoms with Crippen LogP contribution in [0.15, 0.2) is 0 Å². The molecule has 0 aromatic heterocycles. The Morgan fingerprint density at radius 3 is 2.74 bits per heavy atom. The minimum atomic E-state index is -0.449. The minimum absolute atomic E-state index is 0.0211.